The zero-order chi connectivity index (χ0) is 12.4. The smallest absolute Gasteiger partial charge is 0.117 e. The number of aromatic nitrogens is 3. The molecule has 1 atom stereocenters. The van der Waals surface area contributed by atoms with E-state index < -0.39 is 0 Å². The van der Waals surface area contributed by atoms with Gasteiger partial charge in [0.25, 0.3) is 0 Å². The Bertz CT molecular complexity index is 520. The molecule has 0 amide bonds. The number of furan rings is 1. The molecule has 0 radical (unpaired) electrons. The van der Waals surface area contributed by atoms with Crippen molar-refractivity contribution < 1.29 is 9.15 Å². The van der Waals surface area contributed by atoms with E-state index in [2.05, 4.69) is 15.6 Å². The Morgan fingerprint density at radius 3 is 3.28 bits per heavy atom. The van der Waals surface area contributed by atoms with Crippen LogP contribution in [0.3, 0.4) is 0 Å². The van der Waals surface area contributed by atoms with E-state index in [1.165, 1.54) is 0 Å². The zero-order valence-electron chi connectivity index (χ0n) is 10.3. The molecule has 1 aliphatic rings. The van der Waals surface area contributed by atoms with Gasteiger partial charge in [0, 0.05) is 6.54 Å². The Morgan fingerprint density at radius 2 is 2.44 bits per heavy atom. The second kappa shape index (κ2) is 4.91. The van der Waals surface area contributed by atoms with Gasteiger partial charge < -0.3 is 14.5 Å². The Labute approximate surface area is 105 Å². The predicted octanol–water partition coefficient (Wildman–Crippen LogP) is 0.868. The molecular formula is C12H16N4O2. The van der Waals surface area contributed by atoms with Crippen LogP contribution in [0, 0.1) is 6.92 Å². The van der Waals surface area contributed by atoms with Crippen LogP contribution >= 0.6 is 0 Å². The Kier molecular flexibility index (Phi) is 3.12. The summed E-state index contributed by atoms with van der Waals surface area (Å²) in [5, 5.41) is 11.2. The molecule has 0 aromatic carbocycles. The van der Waals surface area contributed by atoms with Gasteiger partial charge in [-0.1, -0.05) is 5.21 Å². The third-order valence-corrected chi connectivity index (χ3v) is 3.01. The topological polar surface area (TPSA) is 65.1 Å². The number of nitrogens with one attached hydrogen (secondary N) is 1. The van der Waals surface area contributed by atoms with Crippen LogP contribution in [-0.4, -0.2) is 27.6 Å². The van der Waals surface area contributed by atoms with Crippen molar-refractivity contribution >= 4 is 0 Å². The molecule has 0 saturated carbocycles. The van der Waals surface area contributed by atoms with Crippen molar-refractivity contribution in [3.8, 4) is 0 Å². The number of hydrogen-bond acceptors (Lipinski definition) is 5. The summed E-state index contributed by atoms with van der Waals surface area (Å²) < 4.78 is 13.1. The van der Waals surface area contributed by atoms with E-state index in [9.17, 15) is 0 Å². The quantitative estimate of drug-likeness (QED) is 0.869. The van der Waals surface area contributed by atoms with E-state index in [-0.39, 0.29) is 6.10 Å². The lowest BCUT2D eigenvalue weighted by Crippen LogP contribution is -2.36. The fraction of sp³-hybridized carbons (Fsp3) is 0.500. The molecule has 3 heterocycles. The molecule has 0 saturated heterocycles. The first-order valence-electron chi connectivity index (χ1n) is 6.06. The molecule has 0 aliphatic carbocycles. The maximum atomic E-state index is 5.71. The molecule has 6 heteroatoms. The number of aryl methyl sites for hydroxylation is 1. The summed E-state index contributed by atoms with van der Waals surface area (Å²) in [7, 11) is 0. The summed E-state index contributed by atoms with van der Waals surface area (Å²) in [6, 6.07) is 3.95. The lowest BCUT2D eigenvalue weighted by atomic mass is 10.3. The van der Waals surface area contributed by atoms with E-state index in [0.29, 0.717) is 6.61 Å². The number of nitrogens with zero attached hydrogens (tertiary/aromatic N) is 3. The first-order chi connectivity index (χ1) is 8.81. The SMILES string of the molecule is Cc1ccc(CNC[C@H]2Cn3nncc3CO2)o1. The van der Waals surface area contributed by atoms with Gasteiger partial charge in [-0.05, 0) is 19.1 Å². The molecule has 0 spiro atoms. The van der Waals surface area contributed by atoms with Crippen molar-refractivity contribution in [3.63, 3.8) is 0 Å². The molecule has 2 aromatic heterocycles. The molecule has 2 aromatic rings. The Hall–Kier alpha value is -1.66. The molecular weight excluding hydrogens is 232 g/mol. The summed E-state index contributed by atoms with van der Waals surface area (Å²) >= 11 is 0. The summed E-state index contributed by atoms with van der Waals surface area (Å²) in [6.45, 7) is 4.77. The average molecular weight is 248 g/mol. The summed E-state index contributed by atoms with van der Waals surface area (Å²) in [5.74, 6) is 1.89. The van der Waals surface area contributed by atoms with Crippen molar-refractivity contribution in [1.29, 1.82) is 0 Å². The number of hydrogen-bond donors (Lipinski definition) is 1. The van der Waals surface area contributed by atoms with Gasteiger partial charge in [0.1, 0.15) is 11.5 Å². The van der Waals surface area contributed by atoms with Gasteiger partial charge in [-0.15, -0.1) is 5.10 Å². The molecule has 6 nitrogen and oxygen atoms in total. The minimum Gasteiger partial charge on any atom is -0.465 e. The van der Waals surface area contributed by atoms with Crippen LogP contribution in [0.4, 0.5) is 0 Å². The zero-order valence-corrected chi connectivity index (χ0v) is 10.3. The van der Waals surface area contributed by atoms with E-state index in [1.54, 1.807) is 6.20 Å². The van der Waals surface area contributed by atoms with Crippen LogP contribution in [0.2, 0.25) is 0 Å². The second-order valence-corrected chi connectivity index (χ2v) is 4.48. The monoisotopic (exact) mass is 248 g/mol. The maximum Gasteiger partial charge on any atom is 0.117 e. The fourth-order valence-corrected chi connectivity index (χ4v) is 2.05. The van der Waals surface area contributed by atoms with Crippen LogP contribution in [0.15, 0.2) is 22.7 Å². The van der Waals surface area contributed by atoms with E-state index >= 15 is 0 Å². The van der Waals surface area contributed by atoms with Crippen LogP contribution in [0.25, 0.3) is 0 Å². The molecule has 1 aliphatic heterocycles. The highest BCUT2D eigenvalue weighted by molar-refractivity contribution is 5.05. The third-order valence-electron chi connectivity index (χ3n) is 3.01. The van der Waals surface area contributed by atoms with Gasteiger partial charge in [0.2, 0.25) is 0 Å². The van der Waals surface area contributed by atoms with Crippen LogP contribution in [0.1, 0.15) is 17.2 Å². The first kappa shape index (κ1) is 11.4. The normalized spacial score (nSPS) is 18.8. The molecule has 0 unspecified atom stereocenters. The minimum atomic E-state index is 0.134. The molecule has 3 rings (SSSR count). The highest BCUT2D eigenvalue weighted by Crippen LogP contribution is 2.11. The highest BCUT2D eigenvalue weighted by Gasteiger charge is 2.19. The van der Waals surface area contributed by atoms with Gasteiger partial charge in [-0.25, -0.2) is 4.68 Å². The maximum absolute atomic E-state index is 5.71. The Morgan fingerprint density at radius 1 is 1.50 bits per heavy atom. The van der Waals surface area contributed by atoms with Crippen LogP contribution < -0.4 is 5.32 Å². The van der Waals surface area contributed by atoms with E-state index in [0.717, 1.165) is 36.8 Å². The molecule has 0 bridgehead atoms. The molecule has 96 valence electrons. The van der Waals surface area contributed by atoms with E-state index in [1.807, 2.05) is 23.7 Å². The summed E-state index contributed by atoms with van der Waals surface area (Å²) in [4.78, 5) is 0. The van der Waals surface area contributed by atoms with Crippen molar-refractivity contribution in [2.24, 2.45) is 0 Å². The minimum absolute atomic E-state index is 0.134. The van der Waals surface area contributed by atoms with Crippen molar-refractivity contribution in [3.05, 3.63) is 35.5 Å². The van der Waals surface area contributed by atoms with Gasteiger partial charge in [0.15, 0.2) is 0 Å². The van der Waals surface area contributed by atoms with Crippen LogP contribution in [0.5, 0.6) is 0 Å². The van der Waals surface area contributed by atoms with Gasteiger partial charge in [-0.2, -0.15) is 0 Å². The lowest BCUT2D eigenvalue weighted by Gasteiger charge is -2.23. The van der Waals surface area contributed by atoms with E-state index in [4.69, 9.17) is 9.15 Å². The van der Waals surface area contributed by atoms with Crippen molar-refractivity contribution in [1.82, 2.24) is 20.3 Å². The average Bonchev–Trinajstić information content (AvgIpc) is 2.97. The van der Waals surface area contributed by atoms with Crippen LogP contribution in [-0.2, 0) is 24.4 Å². The molecule has 1 N–H and O–H groups in total. The Balaban J connectivity index is 1.47. The highest BCUT2D eigenvalue weighted by atomic mass is 16.5. The molecule has 18 heavy (non-hydrogen) atoms. The fourth-order valence-electron chi connectivity index (χ4n) is 2.05. The predicted molar refractivity (Wildman–Crippen MR) is 63.8 cm³/mol. The van der Waals surface area contributed by atoms with Crippen molar-refractivity contribution in [2.75, 3.05) is 6.54 Å². The first-order valence-corrected chi connectivity index (χ1v) is 6.06. The summed E-state index contributed by atoms with van der Waals surface area (Å²) in [5.41, 5.74) is 1.04. The summed E-state index contributed by atoms with van der Waals surface area (Å²) in [6.07, 6.45) is 1.88. The number of rotatable bonds is 4. The van der Waals surface area contributed by atoms with Gasteiger partial charge in [0.05, 0.1) is 37.7 Å². The standard InChI is InChI=1S/C12H16N4O2/c1-9-2-3-11(18-9)5-13-6-12-7-16-10(8-17-12)4-14-15-16/h2-4,12-13H,5-8H2,1H3/t12-/m0/s1. The van der Waals surface area contributed by atoms with Gasteiger partial charge >= 0.3 is 0 Å². The van der Waals surface area contributed by atoms with Gasteiger partial charge in [-0.3, -0.25) is 0 Å². The number of fused-ring (bicyclic) bond motifs is 1. The lowest BCUT2D eigenvalue weighted by molar-refractivity contribution is 0.000786. The van der Waals surface area contributed by atoms with Crippen molar-refractivity contribution in [2.45, 2.75) is 32.7 Å². The molecule has 0 fully saturated rings. The third kappa shape index (κ3) is 2.44. The largest absolute Gasteiger partial charge is 0.465 e. The second-order valence-electron chi connectivity index (χ2n) is 4.48. The number of ether oxygens (including phenoxy) is 1.